The predicted molar refractivity (Wildman–Crippen MR) is 65.9 cm³/mol. The summed E-state index contributed by atoms with van der Waals surface area (Å²) >= 11 is 3.28. The van der Waals surface area contributed by atoms with Crippen molar-refractivity contribution in [1.29, 1.82) is 0 Å². The van der Waals surface area contributed by atoms with E-state index >= 15 is 0 Å². The maximum atomic E-state index is 5.37. The molecule has 0 atom stereocenters. The number of furan rings is 1. The van der Waals surface area contributed by atoms with E-state index in [2.05, 4.69) is 40.4 Å². The molecule has 1 rings (SSSR count). The molecule has 0 bridgehead atoms. The van der Waals surface area contributed by atoms with Crippen LogP contribution in [-0.2, 0) is 6.54 Å². The summed E-state index contributed by atoms with van der Waals surface area (Å²) in [6.07, 6.45) is 1.14. The molecule has 2 N–H and O–H groups in total. The van der Waals surface area contributed by atoms with Crippen molar-refractivity contribution in [2.45, 2.75) is 32.9 Å². The minimum atomic E-state index is 0.575. The van der Waals surface area contributed by atoms with Gasteiger partial charge >= 0.3 is 0 Å². The molecular formula is C11H19BrN2O. The Morgan fingerprint density at radius 3 is 2.73 bits per heavy atom. The highest BCUT2D eigenvalue weighted by Crippen LogP contribution is 2.13. The van der Waals surface area contributed by atoms with E-state index in [1.54, 1.807) is 0 Å². The maximum absolute atomic E-state index is 5.37. The molecule has 0 aliphatic rings. The van der Waals surface area contributed by atoms with Gasteiger partial charge in [-0.25, -0.2) is 0 Å². The quantitative estimate of drug-likeness (QED) is 0.751. The Morgan fingerprint density at radius 2 is 2.13 bits per heavy atom. The molecule has 3 nitrogen and oxygen atoms in total. The zero-order valence-corrected chi connectivity index (χ0v) is 10.9. The van der Waals surface area contributed by atoms with E-state index in [4.69, 9.17) is 4.42 Å². The van der Waals surface area contributed by atoms with Crippen LogP contribution in [-0.4, -0.2) is 19.1 Å². The van der Waals surface area contributed by atoms with E-state index in [0.29, 0.717) is 6.04 Å². The molecule has 0 aliphatic carbocycles. The molecule has 1 heterocycles. The van der Waals surface area contributed by atoms with Crippen molar-refractivity contribution in [3.8, 4) is 0 Å². The Kier molecular flexibility index (Phi) is 5.98. The summed E-state index contributed by atoms with van der Waals surface area (Å²) in [7, 11) is 0. The SMILES string of the molecule is CC(C)NCCCNCc1ccc(Br)o1. The Balaban J connectivity index is 1.98. The van der Waals surface area contributed by atoms with Gasteiger partial charge < -0.3 is 15.1 Å². The monoisotopic (exact) mass is 274 g/mol. The van der Waals surface area contributed by atoms with Crippen molar-refractivity contribution in [3.05, 3.63) is 22.6 Å². The van der Waals surface area contributed by atoms with E-state index in [9.17, 15) is 0 Å². The molecule has 0 saturated heterocycles. The van der Waals surface area contributed by atoms with Crippen molar-refractivity contribution in [2.75, 3.05) is 13.1 Å². The Bertz CT molecular complexity index is 273. The number of rotatable bonds is 7. The molecule has 86 valence electrons. The first kappa shape index (κ1) is 12.7. The first-order valence-electron chi connectivity index (χ1n) is 5.37. The standard InChI is InChI=1S/C11H19BrN2O/c1-9(2)14-7-3-6-13-8-10-4-5-11(12)15-10/h4-5,9,13-14H,3,6-8H2,1-2H3. The average Bonchev–Trinajstić information content (AvgIpc) is 2.57. The van der Waals surface area contributed by atoms with Gasteiger partial charge in [0.25, 0.3) is 0 Å². The predicted octanol–water partition coefficient (Wildman–Crippen LogP) is 2.52. The molecule has 1 aromatic heterocycles. The number of nitrogens with one attached hydrogen (secondary N) is 2. The summed E-state index contributed by atoms with van der Waals surface area (Å²) in [6, 6.07) is 4.46. The lowest BCUT2D eigenvalue weighted by Crippen LogP contribution is -2.26. The second kappa shape index (κ2) is 7.04. The first-order chi connectivity index (χ1) is 7.18. The molecule has 0 radical (unpaired) electrons. The highest BCUT2D eigenvalue weighted by atomic mass is 79.9. The smallest absolute Gasteiger partial charge is 0.169 e. The van der Waals surface area contributed by atoms with Crippen molar-refractivity contribution >= 4 is 15.9 Å². The van der Waals surface area contributed by atoms with Crippen molar-refractivity contribution in [2.24, 2.45) is 0 Å². The van der Waals surface area contributed by atoms with Gasteiger partial charge in [-0.1, -0.05) is 13.8 Å². The Labute approximate surface area is 99.7 Å². The molecule has 0 unspecified atom stereocenters. The van der Waals surface area contributed by atoms with Crippen LogP contribution in [0.1, 0.15) is 26.0 Å². The molecule has 15 heavy (non-hydrogen) atoms. The first-order valence-corrected chi connectivity index (χ1v) is 6.16. The summed E-state index contributed by atoms with van der Waals surface area (Å²) in [4.78, 5) is 0. The lowest BCUT2D eigenvalue weighted by molar-refractivity contribution is 0.460. The topological polar surface area (TPSA) is 37.2 Å². The van der Waals surface area contributed by atoms with E-state index < -0.39 is 0 Å². The molecule has 0 aliphatic heterocycles. The maximum Gasteiger partial charge on any atom is 0.169 e. The van der Waals surface area contributed by atoms with Crippen LogP contribution in [0, 0.1) is 0 Å². The Morgan fingerprint density at radius 1 is 1.33 bits per heavy atom. The minimum absolute atomic E-state index is 0.575. The van der Waals surface area contributed by atoms with Crippen LogP contribution in [0.15, 0.2) is 21.2 Å². The summed E-state index contributed by atoms with van der Waals surface area (Å²) < 4.78 is 6.16. The summed E-state index contributed by atoms with van der Waals surface area (Å²) in [5.74, 6) is 0.971. The number of halogens is 1. The van der Waals surface area contributed by atoms with Crippen molar-refractivity contribution in [1.82, 2.24) is 10.6 Å². The third kappa shape index (κ3) is 5.97. The molecule has 0 saturated carbocycles. The fourth-order valence-corrected chi connectivity index (χ4v) is 1.60. The van der Waals surface area contributed by atoms with Crippen LogP contribution in [0.2, 0.25) is 0 Å². The van der Waals surface area contributed by atoms with Gasteiger partial charge in [-0.05, 0) is 47.6 Å². The zero-order chi connectivity index (χ0) is 11.1. The van der Waals surface area contributed by atoms with Crippen LogP contribution in [0.5, 0.6) is 0 Å². The third-order valence-electron chi connectivity index (χ3n) is 2.01. The highest BCUT2D eigenvalue weighted by molar-refractivity contribution is 9.10. The molecule has 0 spiro atoms. The number of hydrogen-bond donors (Lipinski definition) is 2. The lowest BCUT2D eigenvalue weighted by atomic mass is 10.3. The van der Waals surface area contributed by atoms with E-state index in [-0.39, 0.29) is 0 Å². The van der Waals surface area contributed by atoms with Gasteiger partial charge in [0.15, 0.2) is 4.67 Å². The molecular weight excluding hydrogens is 256 g/mol. The van der Waals surface area contributed by atoms with Crippen LogP contribution >= 0.6 is 15.9 Å². The molecule has 0 aromatic carbocycles. The van der Waals surface area contributed by atoms with E-state index in [1.165, 1.54) is 0 Å². The van der Waals surface area contributed by atoms with Gasteiger partial charge in [0.1, 0.15) is 5.76 Å². The lowest BCUT2D eigenvalue weighted by Gasteiger charge is -2.07. The van der Waals surface area contributed by atoms with Crippen molar-refractivity contribution in [3.63, 3.8) is 0 Å². The van der Waals surface area contributed by atoms with Crippen LogP contribution in [0.4, 0.5) is 0 Å². The van der Waals surface area contributed by atoms with Gasteiger partial charge in [-0.2, -0.15) is 0 Å². The van der Waals surface area contributed by atoms with Crippen LogP contribution in [0.25, 0.3) is 0 Å². The van der Waals surface area contributed by atoms with Gasteiger partial charge in [0.2, 0.25) is 0 Å². The summed E-state index contributed by atoms with van der Waals surface area (Å²) in [5, 5.41) is 6.71. The normalized spacial score (nSPS) is 11.2. The molecule has 1 aromatic rings. The fourth-order valence-electron chi connectivity index (χ4n) is 1.26. The van der Waals surface area contributed by atoms with Crippen molar-refractivity contribution < 1.29 is 4.42 Å². The van der Waals surface area contributed by atoms with Gasteiger partial charge in [-0.15, -0.1) is 0 Å². The number of hydrogen-bond acceptors (Lipinski definition) is 3. The molecule has 0 fully saturated rings. The fraction of sp³-hybridized carbons (Fsp3) is 0.636. The van der Waals surface area contributed by atoms with E-state index in [0.717, 1.165) is 36.5 Å². The minimum Gasteiger partial charge on any atom is -0.453 e. The van der Waals surface area contributed by atoms with E-state index in [1.807, 2.05) is 12.1 Å². The van der Waals surface area contributed by atoms with Crippen LogP contribution < -0.4 is 10.6 Å². The van der Waals surface area contributed by atoms with Gasteiger partial charge in [-0.3, -0.25) is 0 Å². The summed E-state index contributed by atoms with van der Waals surface area (Å²) in [5.41, 5.74) is 0. The third-order valence-corrected chi connectivity index (χ3v) is 2.44. The second-order valence-electron chi connectivity index (χ2n) is 3.84. The molecule has 0 amide bonds. The molecule has 4 heteroatoms. The Hall–Kier alpha value is -0.320. The largest absolute Gasteiger partial charge is 0.453 e. The summed E-state index contributed by atoms with van der Waals surface area (Å²) in [6.45, 7) is 7.19. The second-order valence-corrected chi connectivity index (χ2v) is 4.63. The highest BCUT2D eigenvalue weighted by Gasteiger charge is 1.98. The van der Waals surface area contributed by atoms with Crippen LogP contribution in [0.3, 0.4) is 0 Å². The van der Waals surface area contributed by atoms with Gasteiger partial charge in [0, 0.05) is 6.04 Å². The van der Waals surface area contributed by atoms with Gasteiger partial charge in [0.05, 0.1) is 6.54 Å². The zero-order valence-electron chi connectivity index (χ0n) is 9.35. The average molecular weight is 275 g/mol.